The first kappa shape index (κ1) is 28.1. The zero-order valence-electron chi connectivity index (χ0n) is 21.8. The molecule has 4 rings (SSSR count). The predicted molar refractivity (Wildman–Crippen MR) is 130 cm³/mol. The number of nitrogens with zero attached hydrogens (tertiary/aromatic N) is 3. The number of fused-ring (bicyclic) bond motifs is 1. The zero-order chi connectivity index (χ0) is 28.0. The highest BCUT2D eigenvalue weighted by atomic mass is 32.2. The van der Waals surface area contributed by atoms with Crippen LogP contribution in [-0.4, -0.2) is 65.6 Å². The van der Waals surface area contributed by atoms with Crippen molar-refractivity contribution in [3.8, 4) is 0 Å². The summed E-state index contributed by atoms with van der Waals surface area (Å²) in [5.74, 6) is -3.72. The molecular formula is C25H31F2N3O7S. The molecule has 2 aliphatic heterocycles. The maximum absolute atomic E-state index is 14.7. The van der Waals surface area contributed by atoms with Gasteiger partial charge in [-0.1, -0.05) is 0 Å². The van der Waals surface area contributed by atoms with Gasteiger partial charge in [0.1, 0.15) is 23.3 Å². The lowest BCUT2D eigenvalue weighted by molar-refractivity contribution is -0.175. The smallest absolute Gasteiger partial charge is 0.328 e. The summed E-state index contributed by atoms with van der Waals surface area (Å²) >= 11 is 0. The average molecular weight is 556 g/mol. The van der Waals surface area contributed by atoms with Gasteiger partial charge in [-0.3, -0.25) is 9.69 Å². The molecule has 2 aliphatic rings. The van der Waals surface area contributed by atoms with Gasteiger partial charge in [-0.05, 0) is 52.3 Å². The Hall–Kier alpha value is -2.90. The Morgan fingerprint density at radius 3 is 2.53 bits per heavy atom. The summed E-state index contributed by atoms with van der Waals surface area (Å²) in [7, 11) is -3.75. The second-order valence-corrected chi connectivity index (χ2v) is 12.2. The SMILES string of the molecule is CCOC(=O)[C@H]1c2cnn(S(C)(=O)=O)c2CN1[C@H]1CO[C@@H](c2cc(F)ccc2F)[C@@H](C(=O)OC(C)(C)C)C1. The molecule has 0 aliphatic carbocycles. The normalized spacial score (nSPS) is 24.2. The Bertz CT molecular complexity index is 1340. The van der Waals surface area contributed by atoms with Crippen LogP contribution in [0.3, 0.4) is 0 Å². The summed E-state index contributed by atoms with van der Waals surface area (Å²) in [5.41, 5.74) is -0.289. The number of aromatic nitrogens is 2. The fraction of sp³-hybridized carbons (Fsp3) is 0.560. The monoisotopic (exact) mass is 555 g/mol. The van der Waals surface area contributed by atoms with Gasteiger partial charge in [-0.25, -0.2) is 22.0 Å². The predicted octanol–water partition coefficient (Wildman–Crippen LogP) is 2.88. The standard InChI is InChI=1S/C25H31F2N3O7S/c1-6-35-24(32)21-18-11-28-30(38(5,33)34)20(18)12-29(21)15-10-17(23(31)37-25(2,3)4)22(36-13-15)16-9-14(26)7-8-19(16)27/h7-9,11,15,17,21-22H,6,10,12-13H2,1-5H3/t15-,17+,21-,22+/m1/s1. The van der Waals surface area contributed by atoms with Crippen molar-refractivity contribution < 1.29 is 41.0 Å². The molecule has 2 aromatic rings. The molecule has 38 heavy (non-hydrogen) atoms. The van der Waals surface area contributed by atoms with E-state index in [2.05, 4.69) is 5.10 Å². The van der Waals surface area contributed by atoms with Gasteiger partial charge in [0.2, 0.25) is 0 Å². The summed E-state index contributed by atoms with van der Waals surface area (Å²) in [4.78, 5) is 28.0. The number of ether oxygens (including phenoxy) is 3. The van der Waals surface area contributed by atoms with E-state index < -0.39 is 63.3 Å². The number of hydrogen-bond donors (Lipinski definition) is 0. The summed E-state index contributed by atoms with van der Waals surface area (Å²) in [6.07, 6.45) is 1.26. The van der Waals surface area contributed by atoms with E-state index in [-0.39, 0.29) is 31.7 Å². The molecule has 3 heterocycles. The summed E-state index contributed by atoms with van der Waals surface area (Å²) < 4.78 is 71.1. The van der Waals surface area contributed by atoms with E-state index in [9.17, 15) is 26.8 Å². The van der Waals surface area contributed by atoms with Crippen LogP contribution < -0.4 is 0 Å². The molecule has 0 saturated carbocycles. The van der Waals surface area contributed by atoms with Gasteiger partial charge < -0.3 is 14.2 Å². The Morgan fingerprint density at radius 1 is 1.18 bits per heavy atom. The zero-order valence-corrected chi connectivity index (χ0v) is 22.6. The molecule has 4 atom stereocenters. The number of carbonyl (C=O) groups excluding carboxylic acids is 2. The van der Waals surface area contributed by atoms with Crippen molar-refractivity contribution in [2.75, 3.05) is 19.5 Å². The molecule has 1 fully saturated rings. The molecule has 10 nitrogen and oxygen atoms in total. The summed E-state index contributed by atoms with van der Waals surface area (Å²) in [6.45, 7) is 6.78. The van der Waals surface area contributed by atoms with Gasteiger partial charge >= 0.3 is 11.9 Å². The van der Waals surface area contributed by atoms with Crippen LogP contribution >= 0.6 is 0 Å². The largest absolute Gasteiger partial charge is 0.465 e. The van der Waals surface area contributed by atoms with Crippen molar-refractivity contribution in [1.29, 1.82) is 0 Å². The number of carbonyl (C=O) groups is 2. The molecule has 1 aromatic carbocycles. The molecule has 0 unspecified atom stereocenters. The van der Waals surface area contributed by atoms with E-state index in [4.69, 9.17) is 14.2 Å². The first-order valence-electron chi connectivity index (χ1n) is 12.2. The number of esters is 2. The summed E-state index contributed by atoms with van der Waals surface area (Å²) in [6, 6.07) is 1.36. The third-order valence-corrected chi connectivity index (χ3v) is 7.39. The summed E-state index contributed by atoms with van der Waals surface area (Å²) in [5, 5.41) is 3.95. The van der Waals surface area contributed by atoms with Gasteiger partial charge in [0.15, 0.2) is 0 Å². The molecule has 0 bridgehead atoms. The van der Waals surface area contributed by atoms with Crippen LogP contribution in [-0.2, 0) is 40.4 Å². The molecule has 0 amide bonds. The Labute approximate surface area is 219 Å². The van der Waals surface area contributed by atoms with Gasteiger partial charge in [0.05, 0.1) is 43.4 Å². The molecule has 0 N–H and O–H groups in total. The van der Waals surface area contributed by atoms with Crippen LogP contribution in [0.5, 0.6) is 0 Å². The first-order chi connectivity index (χ1) is 17.7. The van der Waals surface area contributed by atoms with Crippen molar-refractivity contribution in [1.82, 2.24) is 14.1 Å². The lowest BCUT2D eigenvalue weighted by Gasteiger charge is -2.41. The molecule has 13 heteroatoms. The van der Waals surface area contributed by atoms with E-state index in [1.807, 2.05) is 0 Å². The lowest BCUT2D eigenvalue weighted by atomic mass is 9.86. The maximum atomic E-state index is 14.7. The van der Waals surface area contributed by atoms with Crippen molar-refractivity contribution in [3.63, 3.8) is 0 Å². The van der Waals surface area contributed by atoms with Gasteiger partial charge in [0, 0.05) is 23.7 Å². The number of benzene rings is 1. The fourth-order valence-corrected chi connectivity index (χ4v) is 5.77. The molecule has 208 valence electrons. The third kappa shape index (κ3) is 5.59. The van der Waals surface area contributed by atoms with Crippen molar-refractivity contribution in [2.24, 2.45) is 5.92 Å². The second-order valence-electron chi connectivity index (χ2n) is 10.4. The molecular weight excluding hydrogens is 524 g/mol. The Morgan fingerprint density at radius 2 is 1.89 bits per heavy atom. The van der Waals surface area contributed by atoms with Crippen molar-refractivity contribution in [2.45, 2.75) is 64.4 Å². The van der Waals surface area contributed by atoms with Crippen LogP contribution in [0.2, 0.25) is 0 Å². The van der Waals surface area contributed by atoms with E-state index in [1.54, 1.807) is 32.6 Å². The molecule has 0 spiro atoms. The minimum Gasteiger partial charge on any atom is -0.465 e. The third-order valence-electron chi connectivity index (χ3n) is 6.45. The molecule has 0 radical (unpaired) electrons. The quantitative estimate of drug-likeness (QED) is 0.496. The lowest BCUT2D eigenvalue weighted by Crippen LogP contribution is -2.48. The fourth-order valence-electron chi connectivity index (χ4n) is 4.98. The number of hydrogen-bond acceptors (Lipinski definition) is 9. The second kappa shape index (κ2) is 10.3. The molecule has 1 saturated heterocycles. The van der Waals surface area contributed by atoms with Crippen LogP contribution in [0.4, 0.5) is 8.78 Å². The number of halogens is 2. The molecule has 1 aromatic heterocycles. The van der Waals surface area contributed by atoms with Crippen LogP contribution in [0.25, 0.3) is 0 Å². The first-order valence-corrected chi connectivity index (χ1v) is 14.0. The Kier molecular flexibility index (Phi) is 7.65. The van der Waals surface area contributed by atoms with Gasteiger partial charge in [-0.2, -0.15) is 9.19 Å². The van der Waals surface area contributed by atoms with Crippen molar-refractivity contribution >= 4 is 22.0 Å². The minimum atomic E-state index is -3.75. The highest BCUT2D eigenvalue weighted by molar-refractivity contribution is 7.89. The topological polar surface area (TPSA) is 117 Å². The van der Waals surface area contributed by atoms with E-state index >= 15 is 0 Å². The van der Waals surface area contributed by atoms with E-state index in [0.717, 1.165) is 28.5 Å². The van der Waals surface area contributed by atoms with E-state index in [1.165, 1.54) is 6.20 Å². The highest BCUT2D eigenvalue weighted by Crippen LogP contribution is 2.43. The van der Waals surface area contributed by atoms with Gasteiger partial charge in [0.25, 0.3) is 10.0 Å². The highest BCUT2D eigenvalue weighted by Gasteiger charge is 2.48. The minimum absolute atomic E-state index is 0.0138. The average Bonchev–Trinajstić information content (AvgIpc) is 3.38. The number of rotatable bonds is 6. The van der Waals surface area contributed by atoms with E-state index in [0.29, 0.717) is 11.3 Å². The van der Waals surface area contributed by atoms with Crippen LogP contribution in [0, 0.1) is 17.6 Å². The van der Waals surface area contributed by atoms with Gasteiger partial charge in [-0.15, -0.1) is 0 Å². The van der Waals surface area contributed by atoms with Crippen LogP contribution in [0.1, 0.15) is 63.1 Å². The van der Waals surface area contributed by atoms with Crippen molar-refractivity contribution in [3.05, 3.63) is 52.9 Å². The van der Waals surface area contributed by atoms with Crippen LogP contribution in [0.15, 0.2) is 24.4 Å². The maximum Gasteiger partial charge on any atom is 0.328 e. The Balaban J connectivity index is 1.70.